The zero-order valence-electron chi connectivity index (χ0n) is 7.44. The molecule has 0 aromatic rings. The molecule has 0 radical (unpaired) electrons. The van der Waals surface area contributed by atoms with E-state index in [2.05, 4.69) is 6.92 Å². The van der Waals surface area contributed by atoms with Crippen LogP contribution >= 0.6 is 0 Å². The molecule has 1 heteroatoms. The average Bonchev–Trinajstić information content (AvgIpc) is 2.46. The SMILES string of the molecule is CC1CCCCC12CCCO2. The maximum atomic E-state index is 5.89. The number of hydrogen-bond acceptors (Lipinski definition) is 1. The van der Waals surface area contributed by atoms with Crippen LogP contribution in [0.2, 0.25) is 0 Å². The van der Waals surface area contributed by atoms with Gasteiger partial charge in [-0.1, -0.05) is 19.8 Å². The highest BCUT2D eigenvalue weighted by Crippen LogP contribution is 2.43. The Labute approximate surface area is 69.1 Å². The van der Waals surface area contributed by atoms with Crippen molar-refractivity contribution in [3.8, 4) is 0 Å². The van der Waals surface area contributed by atoms with Gasteiger partial charge in [-0.25, -0.2) is 0 Å². The second kappa shape index (κ2) is 2.78. The molecule has 0 bridgehead atoms. The van der Waals surface area contributed by atoms with Crippen LogP contribution in [0.3, 0.4) is 0 Å². The molecule has 1 nitrogen and oxygen atoms in total. The Bertz CT molecular complexity index is 136. The molecule has 1 saturated carbocycles. The Morgan fingerprint density at radius 1 is 1.18 bits per heavy atom. The molecule has 1 heterocycles. The molecule has 2 unspecified atom stereocenters. The number of ether oxygens (including phenoxy) is 1. The number of rotatable bonds is 0. The molecule has 1 spiro atoms. The summed E-state index contributed by atoms with van der Waals surface area (Å²) in [6, 6.07) is 0. The molecule has 0 N–H and O–H groups in total. The lowest BCUT2D eigenvalue weighted by Gasteiger charge is -2.38. The molecule has 2 aliphatic rings. The highest BCUT2D eigenvalue weighted by molar-refractivity contribution is 4.92. The zero-order chi connectivity index (χ0) is 7.73. The molecule has 2 fully saturated rings. The molecule has 64 valence electrons. The smallest absolute Gasteiger partial charge is 0.0708 e. The van der Waals surface area contributed by atoms with Gasteiger partial charge in [0.1, 0.15) is 0 Å². The Morgan fingerprint density at radius 2 is 2.00 bits per heavy atom. The largest absolute Gasteiger partial charge is 0.375 e. The third-order valence-corrected chi connectivity index (χ3v) is 3.52. The summed E-state index contributed by atoms with van der Waals surface area (Å²) in [5.41, 5.74) is 0.332. The van der Waals surface area contributed by atoms with Crippen LogP contribution in [0.5, 0.6) is 0 Å². The molecular weight excluding hydrogens is 136 g/mol. The van der Waals surface area contributed by atoms with E-state index in [9.17, 15) is 0 Å². The third-order valence-electron chi connectivity index (χ3n) is 3.52. The minimum atomic E-state index is 0.332. The molecule has 1 aliphatic heterocycles. The first-order valence-corrected chi connectivity index (χ1v) is 4.97. The summed E-state index contributed by atoms with van der Waals surface area (Å²) in [5.74, 6) is 0.818. The van der Waals surface area contributed by atoms with Gasteiger partial charge in [0.25, 0.3) is 0 Å². The average molecular weight is 154 g/mol. The summed E-state index contributed by atoms with van der Waals surface area (Å²) >= 11 is 0. The van der Waals surface area contributed by atoms with Crippen molar-refractivity contribution in [3.63, 3.8) is 0 Å². The van der Waals surface area contributed by atoms with Gasteiger partial charge < -0.3 is 4.74 Å². The van der Waals surface area contributed by atoms with E-state index in [1.807, 2.05) is 0 Å². The van der Waals surface area contributed by atoms with Crippen LogP contribution in [0.15, 0.2) is 0 Å². The second-order valence-electron chi connectivity index (χ2n) is 4.16. The summed E-state index contributed by atoms with van der Waals surface area (Å²) in [4.78, 5) is 0. The summed E-state index contributed by atoms with van der Waals surface area (Å²) in [5, 5.41) is 0. The fourth-order valence-electron chi connectivity index (χ4n) is 2.69. The maximum Gasteiger partial charge on any atom is 0.0708 e. The summed E-state index contributed by atoms with van der Waals surface area (Å²) in [6.07, 6.45) is 8.16. The van der Waals surface area contributed by atoms with Crippen molar-refractivity contribution >= 4 is 0 Å². The third kappa shape index (κ3) is 1.20. The second-order valence-corrected chi connectivity index (χ2v) is 4.16. The first-order valence-electron chi connectivity index (χ1n) is 4.97. The van der Waals surface area contributed by atoms with Crippen LogP contribution in [0.1, 0.15) is 45.4 Å². The highest BCUT2D eigenvalue weighted by Gasteiger charge is 2.41. The fourth-order valence-corrected chi connectivity index (χ4v) is 2.69. The van der Waals surface area contributed by atoms with Crippen LogP contribution in [-0.4, -0.2) is 12.2 Å². The molecule has 2 rings (SSSR count). The Hall–Kier alpha value is -0.0400. The van der Waals surface area contributed by atoms with Crippen LogP contribution in [-0.2, 0) is 4.74 Å². The van der Waals surface area contributed by atoms with E-state index in [1.165, 1.54) is 38.5 Å². The standard InChI is InChI=1S/C10H18O/c1-9-5-2-3-6-10(9)7-4-8-11-10/h9H,2-8H2,1H3. The van der Waals surface area contributed by atoms with Crippen LogP contribution in [0, 0.1) is 5.92 Å². The van der Waals surface area contributed by atoms with E-state index in [-0.39, 0.29) is 0 Å². The van der Waals surface area contributed by atoms with E-state index >= 15 is 0 Å². The predicted molar refractivity (Wildman–Crippen MR) is 45.5 cm³/mol. The summed E-state index contributed by atoms with van der Waals surface area (Å²) in [7, 11) is 0. The van der Waals surface area contributed by atoms with E-state index in [0.717, 1.165) is 12.5 Å². The highest BCUT2D eigenvalue weighted by atomic mass is 16.5. The molecule has 0 amide bonds. The van der Waals surface area contributed by atoms with Gasteiger partial charge in [0.05, 0.1) is 5.60 Å². The molecule has 0 aromatic heterocycles. The minimum absolute atomic E-state index is 0.332. The van der Waals surface area contributed by atoms with Crippen molar-refractivity contribution in [2.24, 2.45) is 5.92 Å². The van der Waals surface area contributed by atoms with Gasteiger partial charge in [0.2, 0.25) is 0 Å². The monoisotopic (exact) mass is 154 g/mol. The topological polar surface area (TPSA) is 9.23 Å². The van der Waals surface area contributed by atoms with Gasteiger partial charge in [-0.15, -0.1) is 0 Å². The fraction of sp³-hybridized carbons (Fsp3) is 1.00. The van der Waals surface area contributed by atoms with Crippen molar-refractivity contribution < 1.29 is 4.74 Å². The Balaban J connectivity index is 2.07. The first kappa shape index (κ1) is 7.60. The normalized spacial score (nSPS) is 45.0. The van der Waals surface area contributed by atoms with E-state index in [1.54, 1.807) is 0 Å². The molecule has 0 aromatic carbocycles. The van der Waals surface area contributed by atoms with Crippen molar-refractivity contribution in [2.75, 3.05) is 6.61 Å². The van der Waals surface area contributed by atoms with Crippen molar-refractivity contribution in [2.45, 2.75) is 51.0 Å². The van der Waals surface area contributed by atoms with Gasteiger partial charge in [-0.05, 0) is 31.6 Å². The van der Waals surface area contributed by atoms with E-state index < -0.39 is 0 Å². The first-order chi connectivity index (χ1) is 5.33. The van der Waals surface area contributed by atoms with Crippen LogP contribution in [0.4, 0.5) is 0 Å². The Kier molecular flexibility index (Phi) is 1.92. The van der Waals surface area contributed by atoms with Gasteiger partial charge in [0, 0.05) is 6.61 Å². The van der Waals surface area contributed by atoms with Crippen molar-refractivity contribution in [1.29, 1.82) is 0 Å². The lowest BCUT2D eigenvalue weighted by molar-refractivity contribution is -0.0624. The summed E-state index contributed by atoms with van der Waals surface area (Å²) in [6.45, 7) is 3.38. The molecule has 1 saturated heterocycles. The predicted octanol–water partition coefficient (Wildman–Crippen LogP) is 2.75. The van der Waals surface area contributed by atoms with Crippen molar-refractivity contribution in [3.05, 3.63) is 0 Å². The maximum absolute atomic E-state index is 5.89. The zero-order valence-corrected chi connectivity index (χ0v) is 7.44. The molecule has 2 atom stereocenters. The van der Waals surface area contributed by atoms with Gasteiger partial charge in [0.15, 0.2) is 0 Å². The Morgan fingerprint density at radius 3 is 2.64 bits per heavy atom. The van der Waals surface area contributed by atoms with Gasteiger partial charge >= 0.3 is 0 Å². The molecule has 11 heavy (non-hydrogen) atoms. The lowest BCUT2D eigenvalue weighted by Crippen LogP contribution is -2.38. The minimum Gasteiger partial charge on any atom is -0.375 e. The lowest BCUT2D eigenvalue weighted by atomic mass is 9.75. The quantitative estimate of drug-likeness (QED) is 0.521. The van der Waals surface area contributed by atoms with E-state index in [0.29, 0.717) is 5.60 Å². The van der Waals surface area contributed by atoms with Crippen molar-refractivity contribution in [1.82, 2.24) is 0 Å². The van der Waals surface area contributed by atoms with Gasteiger partial charge in [-0.2, -0.15) is 0 Å². The van der Waals surface area contributed by atoms with Crippen LogP contribution < -0.4 is 0 Å². The van der Waals surface area contributed by atoms with Gasteiger partial charge in [-0.3, -0.25) is 0 Å². The van der Waals surface area contributed by atoms with E-state index in [4.69, 9.17) is 4.74 Å². The number of hydrogen-bond donors (Lipinski definition) is 0. The summed E-state index contributed by atoms with van der Waals surface area (Å²) < 4.78 is 5.89. The van der Waals surface area contributed by atoms with Crippen LogP contribution in [0.25, 0.3) is 0 Å². The molecule has 1 aliphatic carbocycles. The molecular formula is C10H18O.